The van der Waals surface area contributed by atoms with E-state index in [1.807, 2.05) is 19.2 Å². The third kappa shape index (κ3) is 2.79. The summed E-state index contributed by atoms with van der Waals surface area (Å²) in [5.41, 5.74) is 2.28. The highest BCUT2D eigenvalue weighted by Crippen LogP contribution is 2.15. The first-order valence-electron chi connectivity index (χ1n) is 4.93. The number of aryl methyl sites for hydroxylation is 1. The lowest BCUT2D eigenvalue weighted by Crippen LogP contribution is -2.25. The normalized spacial score (nSPS) is 12.8. The molecule has 0 amide bonds. The molecule has 0 aliphatic heterocycles. The first kappa shape index (κ1) is 11.1. The lowest BCUT2D eigenvalue weighted by atomic mass is 10.1. The van der Waals surface area contributed by atoms with E-state index in [9.17, 15) is 0 Å². The van der Waals surface area contributed by atoms with Crippen molar-refractivity contribution >= 4 is 0 Å². The molecule has 1 aromatic heterocycles. The highest BCUT2D eigenvalue weighted by molar-refractivity contribution is 5.22. The van der Waals surface area contributed by atoms with Crippen LogP contribution in [-0.4, -0.2) is 25.2 Å². The van der Waals surface area contributed by atoms with Crippen molar-refractivity contribution in [1.29, 1.82) is 0 Å². The molecular weight excluding hydrogens is 176 g/mol. The number of nitrogens with zero attached hydrogens (tertiary/aromatic N) is 1. The summed E-state index contributed by atoms with van der Waals surface area (Å²) in [4.78, 5) is 4.27. The standard InChI is InChI=1S/C11H18N2O/c1-4-12-11(8-14-3)10-6-5-7-13-9(10)2/h5-7,11-12H,4,8H2,1-3H3. The molecule has 3 nitrogen and oxygen atoms in total. The molecule has 0 aliphatic carbocycles. The van der Waals surface area contributed by atoms with Gasteiger partial charge in [0.15, 0.2) is 0 Å². The number of nitrogens with one attached hydrogen (secondary N) is 1. The van der Waals surface area contributed by atoms with E-state index < -0.39 is 0 Å². The second-order valence-corrected chi connectivity index (χ2v) is 3.24. The van der Waals surface area contributed by atoms with Crippen molar-refractivity contribution in [2.45, 2.75) is 19.9 Å². The van der Waals surface area contributed by atoms with Crippen molar-refractivity contribution in [3.8, 4) is 0 Å². The minimum absolute atomic E-state index is 0.249. The van der Waals surface area contributed by atoms with E-state index in [-0.39, 0.29) is 6.04 Å². The average molecular weight is 194 g/mol. The van der Waals surface area contributed by atoms with Gasteiger partial charge in [-0.05, 0) is 25.1 Å². The molecule has 0 aliphatic rings. The van der Waals surface area contributed by atoms with Crippen molar-refractivity contribution in [2.24, 2.45) is 0 Å². The molecule has 1 unspecified atom stereocenters. The van der Waals surface area contributed by atoms with Crippen LogP contribution >= 0.6 is 0 Å². The molecule has 0 bridgehead atoms. The van der Waals surface area contributed by atoms with Crippen molar-refractivity contribution in [3.05, 3.63) is 29.6 Å². The van der Waals surface area contributed by atoms with Gasteiger partial charge < -0.3 is 10.1 Å². The molecule has 1 N–H and O–H groups in total. The first-order chi connectivity index (χ1) is 6.79. The fourth-order valence-electron chi connectivity index (χ4n) is 1.54. The molecule has 78 valence electrons. The molecular formula is C11H18N2O. The number of methoxy groups -OCH3 is 1. The summed E-state index contributed by atoms with van der Waals surface area (Å²) < 4.78 is 5.18. The molecule has 1 heterocycles. The molecule has 0 aromatic carbocycles. The molecule has 14 heavy (non-hydrogen) atoms. The fourth-order valence-corrected chi connectivity index (χ4v) is 1.54. The average Bonchev–Trinajstić information content (AvgIpc) is 2.18. The summed E-state index contributed by atoms with van der Waals surface area (Å²) in [5, 5.41) is 3.38. The molecule has 0 fully saturated rings. The van der Waals surface area contributed by atoms with E-state index in [0.29, 0.717) is 6.61 Å². The number of aromatic nitrogens is 1. The van der Waals surface area contributed by atoms with Gasteiger partial charge in [-0.3, -0.25) is 4.98 Å². The summed E-state index contributed by atoms with van der Waals surface area (Å²) >= 11 is 0. The van der Waals surface area contributed by atoms with Gasteiger partial charge in [0.25, 0.3) is 0 Å². The van der Waals surface area contributed by atoms with E-state index in [1.165, 1.54) is 5.56 Å². The third-order valence-electron chi connectivity index (χ3n) is 2.21. The smallest absolute Gasteiger partial charge is 0.0658 e. The Morgan fingerprint density at radius 3 is 2.93 bits per heavy atom. The zero-order valence-corrected chi connectivity index (χ0v) is 9.08. The van der Waals surface area contributed by atoms with Gasteiger partial charge in [0.1, 0.15) is 0 Å². The number of likely N-dealkylation sites (N-methyl/N-ethyl adjacent to an activating group) is 1. The Hall–Kier alpha value is -0.930. The van der Waals surface area contributed by atoms with Crippen molar-refractivity contribution in [2.75, 3.05) is 20.3 Å². The maximum Gasteiger partial charge on any atom is 0.0658 e. The number of hydrogen-bond acceptors (Lipinski definition) is 3. The largest absolute Gasteiger partial charge is 0.383 e. The Kier molecular flexibility index (Phi) is 4.56. The summed E-state index contributed by atoms with van der Waals surface area (Å²) in [6.45, 7) is 5.73. The first-order valence-corrected chi connectivity index (χ1v) is 4.93. The van der Waals surface area contributed by atoms with Crippen LogP contribution < -0.4 is 5.32 Å². The van der Waals surface area contributed by atoms with Crippen LogP contribution in [0.2, 0.25) is 0 Å². The van der Waals surface area contributed by atoms with Crippen LogP contribution in [0, 0.1) is 6.92 Å². The summed E-state index contributed by atoms with van der Waals surface area (Å²) in [5.74, 6) is 0. The molecule has 1 atom stereocenters. The van der Waals surface area contributed by atoms with Crippen LogP contribution in [0.3, 0.4) is 0 Å². The SMILES string of the molecule is CCNC(COC)c1cccnc1C. The number of ether oxygens (including phenoxy) is 1. The quantitative estimate of drug-likeness (QED) is 0.774. The van der Waals surface area contributed by atoms with Crippen LogP contribution in [0.15, 0.2) is 18.3 Å². The molecule has 1 rings (SSSR count). The van der Waals surface area contributed by atoms with Crippen molar-refractivity contribution in [3.63, 3.8) is 0 Å². The van der Waals surface area contributed by atoms with Crippen LogP contribution in [0.25, 0.3) is 0 Å². The lowest BCUT2D eigenvalue weighted by molar-refractivity contribution is 0.167. The Labute approximate surface area is 85.5 Å². The summed E-state index contributed by atoms with van der Waals surface area (Å²) in [7, 11) is 1.72. The lowest BCUT2D eigenvalue weighted by Gasteiger charge is -2.18. The topological polar surface area (TPSA) is 34.1 Å². The Balaban J connectivity index is 2.81. The second-order valence-electron chi connectivity index (χ2n) is 3.24. The van der Waals surface area contributed by atoms with Crippen LogP contribution in [0.4, 0.5) is 0 Å². The molecule has 0 spiro atoms. The molecule has 3 heteroatoms. The minimum Gasteiger partial charge on any atom is -0.383 e. The van der Waals surface area contributed by atoms with Crippen LogP contribution in [0.1, 0.15) is 24.2 Å². The van der Waals surface area contributed by atoms with E-state index in [0.717, 1.165) is 12.2 Å². The van der Waals surface area contributed by atoms with Crippen molar-refractivity contribution < 1.29 is 4.74 Å². The predicted molar refractivity (Wildman–Crippen MR) is 57.3 cm³/mol. The molecule has 0 saturated heterocycles. The predicted octanol–water partition coefficient (Wildman–Crippen LogP) is 1.69. The van der Waals surface area contributed by atoms with E-state index >= 15 is 0 Å². The fraction of sp³-hybridized carbons (Fsp3) is 0.545. The van der Waals surface area contributed by atoms with Crippen molar-refractivity contribution in [1.82, 2.24) is 10.3 Å². The van der Waals surface area contributed by atoms with Gasteiger partial charge in [-0.2, -0.15) is 0 Å². The highest BCUT2D eigenvalue weighted by Gasteiger charge is 2.11. The number of hydrogen-bond donors (Lipinski definition) is 1. The van der Waals surface area contributed by atoms with E-state index in [2.05, 4.69) is 23.3 Å². The number of pyridine rings is 1. The highest BCUT2D eigenvalue weighted by atomic mass is 16.5. The van der Waals surface area contributed by atoms with Crippen LogP contribution in [0.5, 0.6) is 0 Å². The zero-order chi connectivity index (χ0) is 10.4. The Morgan fingerprint density at radius 2 is 2.36 bits per heavy atom. The molecule has 0 radical (unpaired) electrons. The van der Waals surface area contributed by atoms with Gasteiger partial charge >= 0.3 is 0 Å². The zero-order valence-electron chi connectivity index (χ0n) is 9.08. The minimum atomic E-state index is 0.249. The molecule has 0 saturated carbocycles. The summed E-state index contributed by atoms with van der Waals surface area (Å²) in [6, 6.07) is 4.30. The molecule has 1 aromatic rings. The number of rotatable bonds is 5. The third-order valence-corrected chi connectivity index (χ3v) is 2.21. The van der Waals surface area contributed by atoms with Gasteiger partial charge in [0.2, 0.25) is 0 Å². The summed E-state index contributed by atoms with van der Waals surface area (Å²) in [6.07, 6.45) is 1.81. The van der Waals surface area contributed by atoms with E-state index in [4.69, 9.17) is 4.74 Å². The van der Waals surface area contributed by atoms with Gasteiger partial charge in [-0.1, -0.05) is 13.0 Å². The van der Waals surface area contributed by atoms with Gasteiger partial charge in [-0.15, -0.1) is 0 Å². The monoisotopic (exact) mass is 194 g/mol. The van der Waals surface area contributed by atoms with E-state index in [1.54, 1.807) is 7.11 Å². The van der Waals surface area contributed by atoms with Gasteiger partial charge in [-0.25, -0.2) is 0 Å². The maximum atomic E-state index is 5.18. The Morgan fingerprint density at radius 1 is 1.57 bits per heavy atom. The van der Waals surface area contributed by atoms with Gasteiger partial charge in [0.05, 0.1) is 12.6 Å². The van der Waals surface area contributed by atoms with Gasteiger partial charge in [0, 0.05) is 19.0 Å². The van der Waals surface area contributed by atoms with Crippen LogP contribution in [-0.2, 0) is 4.74 Å². The Bertz CT molecular complexity index is 270. The second kappa shape index (κ2) is 5.73. The maximum absolute atomic E-state index is 5.18.